The normalized spacial score (nSPS) is 15.0. The Morgan fingerprint density at radius 3 is 1.78 bits per heavy atom. The van der Waals surface area contributed by atoms with Gasteiger partial charge in [-0.2, -0.15) is 22.2 Å². The maximum Gasteiger partial charge on any atom is 0.269 e. The molecule has 0 aliphatic heterocycles. The van der Waals surface area contributed by atoms with E-state index in [0.29, 0.717) is 0 Å². The smallest absolute Gasteiger partial charge is 0.241 e. The molecule has 0 amide bonds. The largest absolute Gasteiger partial charge is 0.269 e. The fourth-order valence-electron chi connectivity index (χ4n) is 0.273. The van der Waals surface area contributed by atoms with Gasteiger partial charge in [0.2, 0.25) is 7.42 Å². The molecule has 0 radical (unpaired) electrons. The molecule has 0 aromatic heterocycles. The van der Waals surface area contributed by atoms with Crippen LogP contribution in [0, 0.1) is 0 Å². The third-order valence-corrected chi connectivity index (χ3v) is 2.55. The average molecular weight is 197 g/mol. The molecule has 1 atom stereocenters. The number of hydrogen-bond donors (Lipinski definition) is 0. The molecule has 56 valence electrons. The van der Waals surface area contributed by atoms with E-state index in [-0.39, 0.29) is 6.04 Å². The second-order valence-corrected chi connectivity index (χ2v) is 6.56. The Labute approximate surface area is 62.0 Å². The highest BCUT2D eigenvalue weighted by molar-refractivity contribution is 7.33. The van der Waals surface area contributed by atoms with Crippen molar-refractivity contribution >= 4 is 29.6 Å². The van der Waals surface area contributed by atoms with Gasteiger partial charge >= 0.3 is 0 Å². The van der Waals surface area contributed by atoms with Gasteiger partial charge in [0.15, 0.2) is 6.17 Å². The summed E-state index contributed by atoms with van der Waals surface area (Å²) in [6, 6.07) is -0.374. The summed E-state index contributed by atoms with van der Waals surface area (Å²) in [5.41, 5.74) is 0. The van der Waals surface area contributed by atoms with Crippen LogP contribution >= 0.6 is 22.2 Å². The Kier molecular flexibility index (Phi) is 4.70. The Bertz CT molecular complexity index is 79.5. The minimum Gasteiger partial charge on any atom is -0.241 e. The van der Waals surface area contributed by atoms with E-state index in [1.54, 1.807) is 0 Å². The lowest BCUT2D eigenvalue weighted by atomic mass is 10.5. The monoisotopic (exact) mass is 196 g/mol. The van der Waals surface area contributed by atoms with Gasteiger partial charge in [0, 0.05) is 6.04 Å². The van der Waals surface area contributed by atoms with E-state index in [1.807, 2.05) is 0 Å². The van der Waals surface area contributed by atoms with Gasteiger partial charge in [-0.05, 0) is 0 Å². The molecule has 0 spiro atoms. The van der Waals surface area contributed by atoms with Crippen molar-refractivity contribution in [2.24, 2.45) is 0 Å². The van der Waals surface area contributed by atoms with Crippen LogP contribution in [0.15, 0.2) is 0 Å². The quantitative estimate of drug-likeness (QED) is 0.481. The zero-order chi connectivity index (χ0) is 7.44. The number of halogens is 5. The van der Waals surface area contributed by atoms with Gasteiger partial charge in [-0.3, -0.25) is 0 Å². The SMILES string of the molecule is FC(F)C(F)C[SiH](Cl)Cl. The van der Waals surface area contributed by atoms with Crippen molar-refractivity contribution in [3.05, 3.63) is 0 Å². The summed E-state index contributed by atoms with van der Waals surface area (Å²) < 4.78 is 34.5. The molecule has 6 heteroatoms. The molecule has 9 heavy (non-hydrogen) atoms. The third kappa shape index (κ3) is 5.05. The molecule has 0 aliphatic rings. The van der Waals surface area contributed by atoms with Crippen molar-refractivity contribution < 1.29 is 13.2 Å². The highest BCUT2D eigenvalue weighted by Crippen LogP contribution is 2.15. The van der Waals surface area contributed by atoms with E-state index in [4.69, 9.17) is 22.2 Å². The highest BCUT2D eigenvalue weighted by atomic mass is 35.7. The fraction of sp³-hybridized carbons (Fsp3) is 1.00. The van der Waals surface area contributed by atoms with Crippen molar-refractivity contribution in [3.63, 3.8) is 0 Å². The Hall–Kier alpha value is 0.587. The molecule has 0 bridgehead atoms. The second kappa shape index (κ2) is 4.41. The summed E-state index contributed by atoms with van der Waals surface area (Å²) in [5.74, 6) is 0. The first-order chi connectivity index (χ1) is 4.04. The second-order valence-electron chi connectivity index (χ2n) is 1.48. The number of hydrogen-bond acceptors (Lipinski definition) is 0. The zero-order valence-electron chi connectivity index (χ0n) is 4.33. The van der Waals surface area contributed by atoms with Gasteiger partial charge in [0.05, 0.1) is 0 Å². The molecule has 0 nitrogen and oxygen atoms in total. The minimum atomic E-state index is -2.95. The molecule has 0 N–H and O–H groups in total. The topological polar surface area (TPSA) is 0 Å². The predicted molar refractivity (Wildman–Crippen MR) is 34.6 cm³/mol. The third-order valence-electron chi connectivity index (χ3n) is 0.677. The molecule has 0 rings (SSSR count). The first-order valence-corrected chi connectivity index (χ1v) is 6.55. The Morgan fingerprint density at radius 1 is 1.22 bits per heavy atom. The lowest BCUT2D eigenvalue weighted by Crippen LogP contribution is -2.15. The van der Waals surface area contributed by atoms with Gasteiger partial charge in [0.1, 0.15) is 0 Å². The summed E-state index contributed by atoms with van der Waals surface area (Å²) in [6.45, 7) is 0. The fourth-order valence-corrected chi connectivity index (χ4v) is 1.84. The molecule has 0 fully saturated rings. The van der Waals surface area contributed by atoms with Crippen LogP contribution in [-0.2, 0) is 0 Å². The van der Waals surface area contributed by atoms with Crippen LogP contribution in [0.3, 0.4) is 0 Å². The predicted octanol–water partition coefficient (Wildman–Crippen LogP) is 2.29. The van der Waals surface area contributed by atoms with E-state index in [9.17, 15) is 13.2 Å². The molecule has 0 saturated heterocycles. The van der Waals surface area contributed by atoms with Crippen LogP contribution in [-0.4, -0.2) is 20.0 Å². The van der Waals surface area contributed by atoms with Crippen molar-refractivity contribution in [3.8, 4) is 0 Å². The molecule has 0 heterocycles. The summed E-state index contributed by atoms with van der Waals surface area (Å²) in [5, 5.41) is 0. The maximum absolute atomic E-state index is 11.9. The number of alkyl halides is 3. The average Bonchev–Trinajstić information content (AvgIpc) is 1.63. The first kappa shape index (κ1) is 9.59. The maximum atomic E-state index is 11.9. The van der Waals surface area contributed by atoms with Gasteiger partial charge in [-0.25, -0.2) is 13.2 Å². The van der Waals surface area contributed by atoms with Crippen LogP contribution in [0.4, 0.5) is 13.2 Å². The van der Waals surface area contributed by atoms with E-state index in [1.165, 1.54) is 0 Å². The lowest BCUT2D eigenvalue weighted by Gasteiger charge is -2.04. The van der Waals surface area contributed by atoms with Crippen LogP contribution in [0.2, 0.25) is 6.04 Å². The van der Waals surface area contributed by atoms with E-state index in [2.05, 4.69) is 0 Å². The van der Waals surface area contributed by atoms with Crippen molar-refractivity contribution in [1.29, 1.82) is 0 Å². The van der Waals surface area contributed by atoms with Gasteiger partial charge in [0.25, 0.3) is 6.43 Å². The van der Waals surface area contributed by atoms with Gasteiger partial charge in [-0.15, -0.1) is 0 Å². The molecule has 1 unspecified atom stereocenters. The molecular weight excluding hydrogens is 192 g/mol. The summed E-state index contributed by atoms with van der Waals surface area (Å²) in [4.78, 5) is 0. The summed E-state index contributed by atoms with van der Waals surface area (Å²) in [7, 11) is -2.20. The summed E-state index contributed by atoms with van der Waals surface area (Å²) >= 11 is 10.3. The van der Waals surface area contributed by atoms with Gasteiger partial charge < -0.3 is 0 Å². The first-order valence-electron chi connectivity index (χ1n) is 2.24. The van der Waals surface area contributed by atoms with Crippen LogP contribution < -0.4 is 0 Å². The van der Waals surface area contributed by atoms with E-state index < -0.39 is 20.0 Å². The van der Waals surface area contributed by atoms with E-state index >= 15 is 0 Å². The minimum absolute atomic E-state index is 0.374. The van der Waals surface area contributed by atoms with E-state index in [0.717, 1.165) is 0 Å². The standard InChI is InChI=1S/C3H5Cl2F3Si/c4-9(5)1-2(6)3(7)8/h2-3,9H,1H2. The van der Waals surface area contributed by atoms with Crippen molar-refractivity contribution in [2.45, 2.75) is 18.6 Å². The highest BCUT2D eigenvalue weighted by Gasteiger charge is 2.22. The zero-order valence-corrected chi connectivity index (χ0v) is 7.00. The van der Waals surface area contributed by atoms with Crippen LogP contribution in [0.1, 0.15) is 0 Å². The van der Waals surface area contributed by atoms with Crippen molar-refractivity contribution in [1.82, 2.24) is 0 Å². The molecule has 0 saturated carbocycles. The van der Waals surface area contributed by atoms with Crippen LogP contribution in [0.5, 0.6) is 0 Å². The lowest BCUT2D eigenvalue weighted by molar-refractivity contribution is 0.0604. The van der Waals surface area contributed by atoms with Crippen molar-refractivity contribution in [2.75, 3.05) is 0 Å². The Balaban J connectivity index is 3.38. The number of rotatable bonds is 3. The van der Waals surface area contributed by atoms with Gasteiger partial charge in [-0.1, -0.05) is 0 Å². The molecule has 0 aromatic carbocycles. The van der Waals surface area contributed by atoms with Crippen LogP contribution in [0.25, 0.3) is 0 Å². The Morgan fingerprint density at radius 2 is 1.67 bits per heavy atom. The molecule has 0 aliphatic carbocycles. The molecule has 0 aromatic rings. The molecular formula is C3H5Cl2F3Si. The summed E-state index contributed by atoms with van der Waals surface area (Å²) in [6.07, 6.45) is -5.09.